The van der Waals surface area contributed by atoms with E-state index in [0.717, 1.165) is 29.1 Å². The predicted molar refractivity (Wildman–Crippen MR) is 78.4 cm³/mol. The SMILES string of the molecule is CCn1nc(C)c2nc(N)n(C(C)c3ccccn3)c21. The fourth-order valence-corrected chi connectivity index (χ4v) is 2.56. The molecule has 0 aliphatic heterocycles. The third kappa shape index (κ3) is 1.76. The minimum absolute atomic E-state index is 0.0163. The smallest absolute Gasteiger partial charge is 0.203 e. The molecule has 3 aromatic heterocycles. The van der Waals surface area contributed by atoms with E-state index >= 15 is 0 Å². The summed E-state index contributed by atoms with van der Waals surface area (Å²) in [4.78, 5) is 8.87. The Bertz CT molecular complexity index is 740. The maximum absolute atomic E-state index is 6.11. The maximum atomic E-state index is 6.11. The topological polar surface area (TPSA) is 74.6 Å². The van der Waals surface area contributed by atoms with E-state index in [1.54, 1.807) is 6.20 Å². The fraction of sp³-hybridized carbons (Fsp3) is 0.357. The average molecular weight is 270 g/mol. The Morgan fingerprint density at radius 3 is 2.80 bits per heavy atom. The molecule has 0 saturated heterocycles. The number of rotatable bonds is 3. The zero-order valence-electron chi connectivity index (χ0n) is 11.9. The van der Waals surface area contributed by atoms with Gasteiger partial charge >= 0.3 is 0 Å². The van der Waals surface area contributed by atoms with Crippen LogP contribution in [0.1, 0.15) is 31.3 Å². The van der Waals surface area contributed by atoms with Gasteiger partial charge in [0.1, 0.15) is 5.52 Å². The van der Waals surface area contributed by atoms with Gasteiger partial charge in [-0.1, -0.05) is 6.07 Å². The molecule has 0 aliphatic carbocycles. The number of nitrogens with zero attached hydrogens (tertiary/aromatic N) is 5. The van der Waals surface area contributed by atoms with Crippen molar-refractivity contribution in [2.75, 3.05) is 5.73 Å². The van der Waals surface area contributed by atoms with Gasteiger partial charge in [0.05, 0.1) is 17.4 Å². The average Bonchev–Trinajstić information content (AvgIpc) is 2.96. The molecule has 0 radical (unpaired) electrons. The molecule has 0 aliphatic rings. The van der Waals surface area contributed by atoms with Gasteiger partial charge in [-0.05, 0) is 32.9 Å². The molecular weight excluding hydrogens is 252 g/mol. The van der Waals surface area contributed by atoms with Crippen molar-refractivity contribution in [3.63, 3.8) is 0 Å². The third-order valence-corrected chi connectivity index (χ3v) is 3.57. The summed E-state index contributed by atoms with van der Waals surface area (Å²) in [5, 5.41) is 4.50. The summed E-state index contributed by atoms with van der Waals surface area (Å²) < 4.78 is 3.94. The Kier molecular flexibility index (Phi) is 2.93. The van der Waals surface area contributed by atoms with Crippen LogP contribution < -0.4 is 5.73 Å². The highest BCUT2D eigenvalue weighted by Gasteiger charge is 2.21. The van der Waals surface area contributed by atoms with E-state index in [1.807, 2.05) is 34.4 Å². The van der Waals surface area contributed by atoms with Crippen molar-refractivity contribution >= 4 is 17.1 Å². The van der Waals surface area contributed by atoms with Crippen LogP contribution >= 0.6 is 0 Å². The summed E-state index contributed by atoms with van der Waals surface area (Å²) in [6.45, 7) is 6.87. The van der Waals surface area contributed by atoms with E-state index in [1.165, 1.54) is 0 Å². The summed E-state index contributed by atoms with van der Waals surface area (Å²) in [5.41, 5.74) is 9.80. The van der Waals surface area contributed by atoms with Gasteiger partial charge in [-0.3, -0.25) is 9.55 Å². The van der Waals surface area contributed by atoms with Crippen molar-refractivity contribution < 1.29 is 0 Å². The van der Waals surface area contributed by atoms with Crippen LogP contribution in [0.3, 0.4) is 0 Å². The molecule has 0 spiro atoms. The van der Waals surface area contributed by atoms with E-state index in [0.29, 0.717) is 5.95 Å². The lowest BCUT2D eigenvalue weighted by Gasteiger charge is -2.15. The second-order valence-corrected chi connectivity index (χ2v) is 4.84. The number of hydrogen-bond donors (Lipinski definition) is 1. The number of aryl methyl sites for hydroxylation is 2. The number of imidazole rings is 1. The summed E-state index contributed by atoms with van der Waals surface area (Å²) in [7, 11) is 0. The van der Waals surface area contributed by atoms with Crippen molar-refractivity contribution in [1.82, 2.24) is 24.3 Å². The molecule has 1 atom stereocenters. The lowest BCUT2D eigenvalue weighted by Crippen LogP contribution is -2.14. The standard InChI is InChI=1S/C14H18N6/c1-4-19-13-12(9(2)18-19)17-14(15)20(13)10(3)11-7-5-6-8-16-11/h5-8,10H,4H2,1-3H3,(H2,15,17). The van der Waals surface area contributed by atoms with Gasteiger partial charge in [-0.15, -0.1) is 0 Å². The Balaban J connectivity index is 2.23. The molecule has 0 saturated carbocycles. The van der Waals surface area contributed by atoms with Crippen molar-refractivity contribution in [2.24, 2.45) is 0 Å². The minimum atomic E-state index is 0.0163. The second-order valence-electron chi connectivity index (χ2n) is 4.84. The number of aromatic nitrogens is 5. The van der Waals surface area contributed by atoms with E-state index in [-0.39, 0.29) is 6.04 Å². The molecule has 0 fully saturated rings. The van der Waals surface area contributed by atoms with Crippen LogP contribution in [0, 0.1) is 6.92 Å². The Morgan fingerprint density at radius 2 is 2.15 bits per heavy atom. The molecule has 6 heteroatoms. The van der Waals surface area contributed by atoms with Gasteiger partial charge in [0.25, 0.3) is 0 Å². The van der Waals surface area contributed by atoms with Crippen molar-refractivity contribution in [1.29, 1.82) is 0 Å². The number of pyridine rings is 1. The molecule has 6 nitrogen and oxygen atoms in total. The molecule has 104 valence electrons. The Morgan fingerprint density at radius 1 is 1.35 bits per heavy atom. The molecule has 3 aromatic rings. The van der Waals surface area contributed by atoms with Gasteiger partial charge in [0.2, 0.25) is 5.95 Å². The molecule has 3 heterocycles. The highest BCUT2D eigenvalue weighted by atomic mass is 15.4. The van der Waals surface area contributed by atoms with Gasteiger partial charge in [-0.2, -0.15) is 5.10 Å². The van der Waals surface area contributed by atoms with Gasteiger partial charge in [0.15, 0.2) is 5.65 Å². The van der Waals surface area contributed by atoms with Crippen LogP contribution in [-0.4, -0.2) is 24.3 Å². The Hall–Kier alpha value is -2.37. The van der Waals surface area contributed by atoms with Crippen LogP contribution in [-0.2, 0) is 6.54 Å². The van der Waals surface area contributed by atoms with Crippen LogP contribution in [0.4, 0.5) is 5.95 Å². The van der Waals surface area contributed by atoms with E-state index in [4.69, 9.17) is 5.73 Å². The number of fused-ring (bicyclic) bond motifs is 1. The van der Waals surface area contributed by atoms with Crippen molar-refractivity contribution in [2.45, 2.75) is 33.4 Å². The van der Waals surface area contributed by atoms with Crippen LogP contribution in [0.2, 0.25) is 0 Å². The largest absolute Gasteiger partial charge is 0.369 e. The van der Waals surface area contributed by atoms with Crippen molar-refractivity contribution in [3.8, 4) is 0 Å². The zero-order valence-corrected chi connectivity index (χ0v) is 11.9. The number of nitrogens with two attached hydrogens (primary N) is 1. The first-order chi connectivity index (χ1) is 9.63. The van der Waals surface area contributed by atoms with E-state index in [2.05, 4.69) is 28.9 Å². The zero-order chi connectivity index (χ0) is 14.3. The highest BCUT2D eigenvalue weighted by Crippen LogP contribution is 2.27. The highest BCUT2D eigenvalue weighted by molar-refractivity contribution is 5.78. The predicted octanol–water partition coefficient (Wildman–Crippen LogP) is 2.15. The lowest BCUT2D eigenvalue weighted by atomic mass is 10.2. The first-order valence-electron chi connectivity index (χ1n) is 6.75. The summed E-state index contributed by atoms with van der Waals surface area (Å²) in [5.74, 6) is 0.501. The Labute approximate surface area is 117 Å². The number of hydrogen-bond acceptors (Lipinski definition) is 4. The molecule has 20 heavy (non-hydrogen) atoms. The van der Waals surface area contributed by atoms with E-state index in [9.17, 15) is 0 Å². The lowest BCUT2D eigenvalue weighted by molar-refractivity contribution is 0.598. The summed E-state index contributed by atoms with van der Waals surface area (Å²) >= 11 is 0. The van der Waals surface area contributed by atoms with Crippen LogP contribution in [0.5, 0.6) is 0 Å². The van der Waals surface area contributed by atoms with Crippen molar-refractivity contribution in [3.05, 3.63) is 35.8 Å². The maximum Gasteiger partial charge on any atom is 0.203 e. The van der Waals surface area contributed by atoms with Crippen LogP contribution in [0.25, 0.3) is 11.2 Å². The van der Waals surface area contributed by atoms with Gasteiger partial charge in [-0.25, -0.2) is 9.67 Å². The van der Waals surface area contributed by atoms with Gasteiger partial charge < -0.3 is 5.73 Å². The number of anilines is 1. The molecular formula is C14H18N6. The first-order valence-corrected chi connectivity index (χ1v) is 6.75. The minimum Gasteiger partial charge on any atom is -0.369 e. The fourth-order valence-electron chi connectivity index (χ4n) is 2.56. The molecule has 0 aromatic carbocycles. The first kappa shape index (κ1) is 12.7. The summed E-state index contributed by atoms with van der Waals surface area (Å²) in [6.07, 6.45) is 1.79. The van der Waals surface area contributed by atoms with Gasteiger partial charge in [0, 0.05) is 12.7 Å². The summed E-state index contributed by atoms with van der Waals surface area (Å²) in [6, 6.07) is 5.90. The monoisotopic (exact) mass is 270 g/mol. The number of nitrogen functional groups attached to an aromatic ring is 1. The molecule has 1 unspecified atom stereocenters. The molecule has 2 N–H and O–H groups in total. The third-order valence-electron chi connectivity index (χ3n) is 3.57. The molecule has 0 bridgehead atoms. The quantitative estimate of drug-likeness (QED) is 0.791. The van der Waals surface area contributed by atoms with Crippen LogP contribution in [0.15, 0.2) is 24.4 Å². The van der Waals surface area contributed by atoms with E-state index < -0.39 is 0 Å². The molecule has 3 rings (SSSR count). The molecule has 0 amide bonds. The normalized spacial score (nSPS) is 12.9. The second kappa shape index (κ2) is 4.63.